The molecule has 3 aromatic rings. The van der Waals surface area contributed by atoms with Crippen LogP contribution in [-0.2, 0) is 11.3 Å². The van der Waals surface area contributed by atoms with E-state index in [1.54, 1.807) is 6.07 Å². The SMILES string of the molecule is CC[C@H](C)NC(=O)Cn1ncn2nc(-c3ccccc3)cc2c1=O. The molecule has 0 aliphatic carbocycles. The van der Waals surface area contributed by atoms with Crippen LogP contribution in [0.3, 0.4) is 0 Å². The number of carbonyl (C=O) groups is 1. The predicted octanol–water partition coefficient (Wildman–Crippen LogP) is 1.47. The maximum atomic E-state index is 12.5. The van der Waals surface area contributed by atoms with Crippen LogP contribution in [0, 0.1) is 0 Å². The molecule has 1 atom stereocenters. The summed E-state index contributed by atoms with van der Waals surface area (Å²) in [6, 6.07) is 11.4. The van der Waals surface area contributed by atoms with Crippen LogP contribution in [-0.4, -0.2) is 31.3 Å². The monoisotopic (exact) mass is 325 g/mol. The van der Waals surface area contributed by atoms with Gasteiger partial charge in [0.05, 0.1) is 5.69 Å². The van der Waals surface area contributed by atoms with Gasteiger partial charge in [-0.1, -0.05) is 37.3 Å². The normalized spacial score (nSPS) is 12.2. The molecule has 24 heavy (non-hydrogen) atoms. The topological polar surface area (TPSA) is 81.3 Å². The summed E-state index contributed by atoms with van der Waals surface area (Å²) in [5, 5.41) is 11.2. The van der Waals surface area contributed by atoms with Crippen LogP contribution >= 0.6 is 0 Å². The van der Waals surface area contributed by atoms with Gasteiger partial charge in [-0.25, -0.2) is 9.20 Å². The molecule has 1 N–H and O–H groups in total. The van der Waals surface area contributed by atoms with Crippen molar-refractivity contribution >= 4 is 11.4 Å². The molecule has 0 unspecified atom stereocenters. The summed E-state index contributed by atoms with van der Waals surface area (Å²) in [7, 11) is 0. The first-order chi connectivity index (χ1) is 11.6. The molecule has 1 aromatic carbocycles. The Morgan fingerprint density at radius 1 is 1.29 bits per heavy atom. The maximum Gasteiger partial charge on any atom is 0.293 e. The van der Waals surface area contributed by atoms with Crippen molar-refractivity contribution in [3.63, 3.8) is 0 Å². The summed E-state index contributed by atoms with van der Waals surface area (Å²) >= 11 is 0. The van der Waals surface area contributed by atoms with Crippen molar-refractivity contribution in [2.45, 2.75) is 32.9 Å². The third kappa shape index (κ3) is 3.19. The molecule has 3 rings (SSSR count). The summed E-state index contributed by atoms with van der Waals surface area (Å²) in [6.07, 6.45) is 2.27. The van der Waals surface area contributed by atoms with Crippen molar-refractivity contribution in [3.8, 4) is 11.3 Å². The van der Waals surface area contributed by atoms with Crippen LogP contribution in [0.1, 0.15) is 20.3 Å². The van der Waals surface area contributed by atoms with Crippen LogP contribution in [0.4, 0.5) is 0 Å². The van der Waals surface area contributed by atoms with Gasteiger partial charge in [-0.2, -0.15) is 10.2 Å². The lowest BCUT2D eigenvalue weighted by Gasteiger charge is -2.11. The van der Waals surface area contributed by atoms with E-state index in [9.17, 15) is 9.59 Å². The molecule has 2 aromatic heterocycles. The Kier molecular flexibility index (Phi) is 4.41. The summed E-state index contributed by atoms with van der Waals surface area (Å²) in [4.78, 5) is 24.5. The summed E-state index contributed by atoms with van der Waals surface area (Å²) in [6.45, 7) is 3.80. The van der Waals surface area contributed by atoms with Crippen molar-refractivity contribution in [2.75, 3.05) is 0 Å². The smallest absolute Gasteiger partial charge is 0.293 e. The lowest BCUT2D eigenvalue weighted by Crippen LogP contribution is -2.38. The summed E-state index contributed by atoms with van der Waals surface area (Å²) < 4.78 is 2.59. The van der Waals surface area contributed by atoms with E-state index in [1.807, 2.05) is 44.2 Å². The highest BCUT2D eigenvalue weighted by Crippen LogP contribution is 2.17. The van der Waals surface area contributed by atoms with Crippen LogP contribution in [0.2, 0.25) is 0 Å². The molecule has 7 nitrogen and oxygen atoms in total. The van der Waals surface area contributed by atoms with Crippen molar-refractivity contribution in [1.82, 2.24) is 24.7 Å². The molecule has 2 heterocycles. The molecule has 0 aliphatic heterocycles. The van der Waals surface area contributed by atoms with E-state index in [1.165, 1.54) is 10.8 Å². The molecular formula is C17H19N5O2. The van der Waals surface area contributed by atoms with E-state index in [0.717, 1.165) is 16.7 Å². The minimum Gasteiger partial charge on any atom is -0.352 e. The largest absolute Gasteiger partial charge is 0.352 e. The number of carbonyl (C=O) groups excluding carboxylic acids is 1. The Hall–Kier alpha value is -2.96. The minimum absolute atomic E-state index is 0.0663. The number of amides is 1. The zero-order valence-corrected chi connectivity index (χ0v) is 13.6. The first-order valence-electron chi connectivity index (χ1n) is 7.88. The molecule has 0 aliphatic rings. The highest BCUT2D eigenvalue weighted by Gasteiger charge is 2.13. The van der Waals surface area contributed by atoms with Crippen LogP contribution < -0.4 is 10.9 Å². The van der Waals surface area contributed by atoms with E-state index in [2.05, 4.69) is 15.5 Å². The second kappa shape index (κ2) is 6.66. The molecule has 0 saturated heterocycles. The summed E-state index contributed by atoms with van der Waals surface area (Å²) in [5.41, 5.74) is 1.66. The Morgan fingerprint density at radius 3 is 2.75 bits per heavy atom. The number of benzene rings is 1. The van der Waals surface area contributed by atoms with E-state index in [-0.39, 0.29) is 24.1 Å². The molecule has 0 spiro atoms. The van der Waals surface area contributed by atoms with Gasteiger partial charge >= 0.3 is 0 Å². The number of hydrogen-bond acceptors (Lipinski definition) is 4. The van der Waals surface area contributed by atoms with Gasteiger partial charge in [0, 0.05) is 11.6 Å². The van der Waals surface area contributed by atoms with E-state index in [4.69, 9.17) is 0 Å². The number of fused-ring (bicyclic) bond motifs is 1. The number of nitrogens with zero attached hydrogens (tertiary/aromatic N) is 4. The Morgan fingerprint density at radius 2 is 2.04 bits per heavy atom. The zero-order valence-electron chi connectivity index (χ0n) is 13.6. The fourth-order valence-electron chi connectivity index (χ4n) is 2.36. The van der Waals surface area contributed by atoms with Gasteiger partial charge in [0.25, 0.3) is 5.56 Å². The van der Waals surface area contributed by atoms with Crippen molar-refractivity contribution < 1.29 is 4.79 Å². The first kappa shape index (κ1) is 15.9. The molecule has 0 radical (unpaired) electrons. The first-order valence-corrected chi connectivity index (χ1v) is 7.88. The molecule has 0 saturated carbocycles. The average Bonchev–Trinajstić information content (AvgIpc) is 3.03. The van der Waals surface area contributed by atoms with Gasteiger partial charge in [-0.15, -0.1) is 0 Å². The minimum atomic E-state index is -0.341. The van der Waals surface area contributed by atoms with Gasteiger partial charge in [-0.3, -0.25) is 9.59 Å². The Balaban J connectivity index is 1.91. The van der Waals surface area contributed by atoms with E-state index in [0.29, 0.717) is 11.2 Å². The standard InChI is InChI=1S/C17H19N5O2/c1-3-12(2)19-16(23)10-21-17(24)15-9-14(20-22(15)11-18-21)13-7-5-4-6-8-13/h4-9,11-12H,3,10H2,1-2H3,(H,19,23)/t12-/m0/s1. The van der Waals surface area contributed by atoms with Crippen molar-refractivity contribution in [2.24, 2.45) is 0 Å². The average molecular weight is 325 g/mol. The van der Waals surface area contributed by atoms with Crippen molar-refractivity contribution in [3.05, 3.63) is 53.1 Å². The van der Waals surface area contributed by atoms with Gasteiger partial charge in [0.15, 0.2) is 0 Å². The predicted molar refractivity (Wildman–Crippen MR) is 90.6 cm³/mol. The Labute approximate surface area is 138 Å². The number of rotatable bonds is 5. The third-order valence-electron chi connectivity index (χ3n) is 3.87. The lowest BCUT2D eigenvalue weighted by molar-refractivity contribution is -0.122. The van der Waals surface area contributed by atoms with E-state index >= 15 is 0 Å². The molecular weight excluding hydrogens is 306 g/mol. The Bertz CT molecular complexity index is 914. The zero-order chi connectivity index (χ0) is 17.1. The van der Waals surface area contributed by atoms with Gasteiger partial charge in [-0.05, 0) is 19.4 Å². The second-order valence-corrected chi connectivity index (χ2v) is 5.70. The van der Waals surface area contributed by atoms with Crippen LogP contribution in [0.25, 0.3) is 16.8 Å². The maximum absolute atomic E-state index is 12.5. The third-order valence-corrected chi connectivity index (χ3v) is 3.87. The second-order valence-electron chi connectivity index (χ2n) is 5.70. The molecule has 0 bridgehead atoms. The highest BCUT2D eigenvalue weighted by atomic mass is 16.2. The fraction of sp³-hybridized carbons (Fsp3) is 0.294. The number of aromatic nitrogens is 4. The van der Waals surface area contributed by atoms with Gasteiger partial charge < -0.3 is 5.32 Å². The number of hydrogen-bond donors (Lipinski definition) is 1. The highest BCUT2D eigenvalue weighted by molar-refractivity contribution is 5.76. The fourth-order valence-corrected chi connectivity index (χ4v) is 2.36. The molecule has 1 amide bonds. The molecule has 0 fully saturated rings. The van der Waals surface area contributed by atoms with Gasteiger partial charge in [0.1, 0.15) is 18.4 Å². The lowest BCUT2D eigenvalue weighted by atomic mass is 10.1. The van der Waals surface area contributed by atoms with Crippen LogP contribution in [0.15, 0.2) is 47.5 Å². The molecule has 7 heteroatoms. The summed E-state index contributed by atoms with van der Waals surface area (Å²) in [5.74, 6) is -0.230. The van der Waals surface area contributed by atoms with E-state index < -0.39 is 0 Å². The van der Waals surface area contributed by atoms with Crippen LogP contribution in [0.5, 0.6) is 0 Å². The quantitative estimate of drug-likeness (QED) is 0.770. The number of nitrogens with one attached hydrogen (secondary N) is 1. The molecule has 124 valence electrons. The van der Waals surface area contributed by atoms with Gasteiger partial charge in [0.2, 0.25) is 5.91 Å². The van der Waals surface area contributed by atoms with Crippen molar-refractivity contribution in [1.29, 1.82) is 0 Å².